The van der Waals surface area contributed by atoms with Gasteiger partial charge in [-0.1, -0.05) is 26.7 Å². The molecule has 0 spiro atoms. The fourth-order valence-electron chi connectivity index (χ4n) is 4.20. The number of aromatic nitrogens is 4. The van der Waals surface area contributed by atoms with E-state index in [2.05, 4.69) is 34.2 Å². The molecule has 0 saturated heterocycles. The SMILES string of the molecule is Cc1nc2ncnn2c(C)c1CCC(=O)N[C@H]1CCC[C@H](C(C)C)CC1. The molecule has 1 aliphatic rings. The Balaban J connectivity index is 1.56. The van der Waals surface area contributed by atoms with Crippen LogP contribution in [0, 0.1) is 25.7 Å². The van der Waals surface area contributed by atoms with E-state index in [0.717, 1.165) is 41.6 Å². The Morgan fingerprint density at radius 2 is 2.08 bits per heavy atom. The van der Waals surface area contributed by atoms with Crippen molar-refractivity contribution in [2.45, 2.75) is 78.7 Å². The molecule has 0 unspecified atom stereocenters. The van der Waals surface area contributed by atoms with Crippen LogP contribution >= 0.6 is 0 Å². The summed E-state index contributed by atoms with van der Waals surface area (Å²) in [5.41, 5.74) is 3.05. The van der Waals surface area contributed by atoms with E-state index in [4.69, 9.17) is 0 Å². The average Bonchev–Trinajstić information content (AvgIpc) is 2.92. The smallest absolute Gasteiger partial charge is 0.252 e. The molecular weight excluding hydrogens is 326 g/mol. The van der Waals surface area contributed by atoms with Crippen molar-refractivity contribution in [1.82, 2.24) is 24.9 Å². The van der Waals surface area contributed by atoms with Crippen LogP contribution < -0.4 is 5.32 Å². The van der Waals surface area contributed by atoms with Crippen molar-refractivity contribution in [1.29, 1.82) is 0 Å². The Kier molecular flexibility index (Phi) is 5.89. The lowest BCUT2D eigenvalue weighted by molar-refractivity contribution is -0.121. The maximum atomic E-state index is 12.5. The molecule has 2 aromatic heterocycles. The Morgan fingerprint density at radius 1 is 1.27 bits per heavy atom. The molecule has 1 saturated carbocycles. The standard InChI is InChI=1S/C20H31N5O/c1-13(2)16-6-5-7-17(9-8-16)24-19(26)11-10-18-14(3)23-20-21-12-22-25(20)15(18)4/h12-13,16-17H,5-11H2,1-4H3,(H,24,26)/t16-,17-/m0/s1. The van der Waals surface area contributed by atoms with Crippen LogP contribution in [0.4, 0.5) is 0 Å². The van der Waals surface area contributed by atoms with Gasteiger partial charge in [0.15, 0.2) is 0 Å². The van der Waals surface area contributed by atoms with Crippen LogP contribution in [-0.4, -0.2) is 31.5 Å². The molecule has 142 valence electrons. The summed E-state index contributed by atoms with van der Waals surface area (Å²) in [6.45, 7) is 8.62. The molecule has 1 aliphatic carbocycles. The summed E-state index contributed by atoms with van der Waals surface area (Å²) in [6.07, 6.45) is 8.67. The topological polar surface area (TPSA) is 72.2 Å². The number of carbonyl (C=O) groups excluding carboxylic acids is 1. The average molecular weight is 358 g/mol. The van der Waals surface area contributed by atoms with Gasteiger partial charge in [-0.2, -0.15) is 10.1 Å². The fourth-order valence-corrected chi connectivity index (χ4v) is 4.20. The molecule has 2 aromatic rings. The molecule has 2 heterocycles. The Labute approximate surface area is 155 Å². The highest BCUT2D eigenvalue weighted by Crippen LogP contribution is 2.28. The minimum absolute atomic E-state index is 0.149. The number of fused-ring (bicyclic) bond motifs is 1. The highest BCUT2D eigenvalue weighted by molar-refractivity contribution is 5.76. The Morgan fingerprint density at radius 3 is 2.85 bits per heavy atom. The second kappa shape index (κ2) is 8.14. The van der Waals surface area contributed by atoms with Crippen LogP contribution in [0.1, 0.15) is 69.3 Å². The van der Waals surface area contributed by atoms with E-state index in [9.17, 15) is 4.79 Å². The van der Waals surface area contributed by atoms with Gasteiger partial charge >= 0.3 is 0 Å². The van der Waals surface area contributed by atoms with Crippen molar-refractivity contribution in [3.63, 3.8) is 0 Å². The van der Waals surface area contributed by atoms with E-state index in [1.807, 2.05) is 13.8 Å². The van der Waals surface area contributed by atoms with Crippen molar-refractivity contribution >= 4 is 11.7 Å². The normalized spacial score (nSPS) is 21.1. The molecule has 1 amide bonds. The fraction of sp³-hybridized carbons (Fsp3) is 0.700. The third-order valence-electron chi connectivity index (χ3n) is 5.91. The number of hydrogen-bond donors (Lipinski definition) is 1. The van der Waals surface area contributed by atoms with Crippen LogP contribution in [0.5, 0.6) is 0 Å². The predicted molar refractivity (Wildman–Crippen MR) is 102 cm³/mol. The van der Waals surface area contributed by atoms with Gasteiger partial charge in [0, 0.05) is 23.9 Å². The van der Waals surface area contributed by atoms with Crippen LogP contribution in [0.3, 0.4) is 0 Å². The highest BCUT2D eigenvalue weighted by atomic mass is 16.1. The van der Waals surface area contributed by atoms with Gasteiger partial charge < -0.3 is 5.32 Å². The van der Waals surface area contributed by atoms with Gasteiger partial charge in [0.25, 0.3) is 5.78 Å². The van der Waals surface area contributed by atoms with Crippen molar-refractivity contribution in [2.75, 3.05) is 0 Å². The van der Waals surface area contributed by atoms with Crippen molar-refractivity contribution in [3.05, 3.63) is 23.3 Å². The number of carbonyl (C=O) groups is 1. The summed E-state index contributed by atoms with van der Waals surface area (Å²) < 4.78 is 1.75. The van der Waals surface area contributed by atoms with E-state index in [-0.39, 0.29) is 5.91 Å². The number of rotatable bonds is 5. The minimum Gasteiger partial charge on any atom is -0.353 e. The largest absolute Gasteiger partial charge is 0.353 e. The first-order valence-corrected chi connectivity index (χ1v) is 9.91. The van der Waals surface area contributed by atoms with Gasteiger partial charge in [-0.15, -0.1) is 0 Å². The van der Waals surface area contributed by atoms with Gasteiger partial charge in [-0.25, -0.2) is 9.50 Å². The van der Waals surface area contributed by atoms with Crippen LogP contribution in [0.15, 0.2) is 6.33 Å². The number of nitrogens with one attached hydrogen (secondary N) is 1. The zero-order valence-electron chi connectivity index (χ0n) is 16.5. The lowest BCUT2D eigenvalue weighted by Crippen LogP contribution is -2.34. The first-order valence-electron chi connectivity index (χ1n) is 9.91. The molecule has 6 heteroatoms. The van der Waals surface area contributed by atoms with Crippen LogP contribution in [0.25, 0.3) is 5.78 Å². The molecule has 0 aromatic carbocycles. The number of nitrogens with zero attached hydrogens (tertiary/aromatic N) is 4. The Bertz CT molecular complexity index is 767. The molecule has 0 radical (unpaired) electrons. The number of hydrogen-bond acceptors (Lipinski definition) is 4. The monoisotopic (exact) mass is 357 g/mol. The van der Waals surface area contributed by atoms with Crippen molar-refractivity contribution in [2.24, 2.45) is 11.8 Å². The third-order valence-corrected chi connectivity index (χ3v) is 5.91. The lowest BCUT2D eigenvalue weighted by Gasteiger charge is -2.19. The molecule has 3 rings (SSSR count). The van der Waals surface area contributed by atoms with Gasteiger partial charge in [-0.05, 0) is 56.9 Å². The molecular formula is C20H31N5O. The molecule has 6 nitrogen and oxygen atoms in total. The first-order chi connectivity index (χ1) is 12.5. The molecule has 2 atom stereocenters. The first kappa shape index (κ1) is 18.8. The third kappa shape index (κ3) is 4.22. The molecule has 26 heavy (non-hydrogen) atoms. The van der Waals surface area contributed by atoms with Gasteiger partial charge in [0.1, 0.15) is 6.33 Å². The van der Waals surface area contributed by atoms with Crippen molar-refractivity contribution < 1.29 is 4.79 Å². The summed E-state index contributed by atoms with van der Waals surface area (Å²) >= 11 is 0. The summed E-state index contributed by atoms with van der Waals surface area (Å²) in [6, 6.07) is 0.337. The van der Waals surface area contributed by atoms with E-state index < -0.39 is 0 Å². The quantitative estimate of drug-likeness (QED) is 0.833. The maximum absolute atomic E-state index is 12.5. The van der Waals surface area contributed by atoms with Crippen molar-refractivity contribution in [3.8, 4) is 0 Å². The lowest BCUT2D eigenvalue weighted by atomic mass is 9.89. The summed E-state index contributed by atoms with van der Waals surface area (Å²) in [7, 11) is 0. The molecule has 1 N–H and O–H groups in total. The van der Waals surface area contributed by atoms with Gasteiger partial charge in [-0.3, -0.25) is 4.79 Å². The van der Waals surface area contributed by atoms with E-state index >= 15 is 0 Å². The zero-order valence-corrected chi connectivity index (χ0v) is 16.5. The van der Waals surface area contributed by atoms with E-state index in [1.165, 1.54) is 25.6 Å². The van der Waals surface area contributed by atoms with Crippen LogP contribution in [-0.2, 0) is 11.2 Å². The number of aryl methyl sites for hydroxylation is 2. The maximum Gasteiger partial charge on any atom is 0.252 e. The molecule has 0 bridgehead atoms. The van der Waals surface area contributed by atoms with Gasteiger partial charge in [0.2, 0.25) is 5.91 Å². The summed E-state index contributed by atoms with van der Waals surface area (Å²) in [5.74, 6) is 2.32. The van der Waals surface area contributed by atoms with Crippen LogP contribution in [0.2, 0.25) is 0 Å². The zero-order chi connectivity index (χ0) is 18.7. The molecule has 0 aliphatic heterocycles. The molecule has 1 fully saturated rings. The van der Waals surface area contributed by atoms with Gasteiger partial charge in [0.05, 0.1) is 0 Å². The van der Waals surface area contributed by atoms with E-state index in [1.54, 1.807) is 4.52 Å². The summed E-state index contributed by atoms with van der Waals surface area (Å²) in [5, 5.41) is 7.48. The summed E-state index contributed by atoms with van der Waals surface area (Å²) in [4.78, 5) is 21.1. The van der Waals surface area contributed by atoms with E-state index in [0.29, 0.717) is 24.7 Å². The highest BCUT2D eigenvalue weighted by Gasteiger charge is 2.22. The minimum atomic E-state index is 0.149. The second-order valence-electron chi connectivity index (χ2n) is 8.01. The second-order valence-corrected chi connectivity index (χ2v) is 8.01. The predicted octanol–water partition coefficient (Wildman–Crippen LogP) is 3.39. The Hall–Kier alpha value is -1.98. The number of amides is 1.